The molecule has 0 heterocycles. The van der Waals surface area contributed by atoms with Crippen LogP contribution in [0, 0.1) is 0 Å². The molecule has 0 aliphatic carbocycles. The smallest absolute Gasteiger partial charge is 0.354 e. The van der Waals surface area contributed by atoms with Gasteiger partial charge < -0.3 is 77.1 Å². The van der Waals surface area contributed by atoms with Crippen LogP contribution in [0.1, 0.15) is 51.8 Å². The van der Waals surface area contributed by atoms with Crippen molar-refractivity contribution in [1.82, 2.24) is 31.9 Å². The predicted molar refractivity (Wildman–Crippen MR) is 211 cm³/mol. The molecule has 6 amide bonds. The summed E-state index contributed by atoms with van der Waals surface area (Å²) in [4.78, 5) is 115. The number of carboxylic acid groups (broad SMARTS) is 1. The Morgan fingerprint density at radius 3 is 1.30 bits per heavy atom. The second-order valence-corrected chi connectivity index (χ2v) is 13.0. The van der Waals surface area contributed by atoms with E-state index in [1.807, 2.05) is 5.32 Å². The minimum absolute atomic E-state index is 0.373. The summed E-state index contributed by atoms with van der Waals surface area (Å²) in [5.74, 6) is -15.1. The molecule has 24 nitrogen and oxygen atoms in total. The van der Waals surface area contributed by atoms with Crippen molar-refractivity contribution in [3.63, 3.8) is 0 Å². The summed E-state index contributed by atoms with van der Waals surface area (Å²) in [6.07, 6.45) is -2.43. The van der Waals surface area contributed by atoms with Gasteiger partial charge in [-0.3, -0.25) is 28.8 Å². The standard InChI is InChI=1S/C39H42N6O18/c1-4-22(43-26(49)14-40-34(55)19-8-5-11-23(46)31(19)52)38(60)62-18(3)30(45-28(51)16-42-36(57)21-10-7-13-25(48)33(21)54)39(61)63-17(2)29(37(58)59)44-27(50)15-41-35(56)20-9-6-12-24(47)32(20)53/h4-13,17-18,29-30,46-48,52-54H,14-16H2,1-3H3,(H,40,55)(H,41,56)(H,42,57)(H,43,49)(H,44,50)(H,45,51)(H,58,59). The van der Waals surface area contributed by atoms with Crippen LogP contribution in [0.25, 0.3) is 0 Å². The second kappa shape index (κ2) is 22.2. The number of rotatable bonds is 19. The molecular formula is C39H42N6O18. The molecule has 3 aromatic rings. The number of phenolic OH excluding ortho intramolecular Hbond substituents is 6. The number of hydrogen-bond donors (Lipinski definition) is 13. The van der Waals surface area contributed by atoms with E-state index in [9.17, 15) is 78.9 Å². The van der Waals surface area contributed by atoms with Crippen LogP contribution in [0.4, 0.5) is 0 Å². The Labute approximate surface area is 355 Å². The summed E-state index contributed by atoms with van der Waals surface area (Å²) in [6.45, 7) is 0.835. The minimum Gasteiger partial charge on any atom is -0.504 e. The maximum Gasteiger partial charge on any atom is 0.354 e. The number of aromatic hydroxyl groups is 6. The zero-order valence-electron chi connectivity index (χ0n) is 33.3. The van der Waals surface area contributed by atoms with Gasteiger partial charge in [0.05, 0.1) is 36.3 Å². The molecule has 0 aliphatic rings. The van der Waals surface area contributed by atoms with Gasteiger partial charge in [-0.1, -0.05) is 24.3 Å². The molecule has 13 N–H and O–H groups in total. The Bertz CT molecular complexity index is 2310. The molecule has 63 heavy (non-hydrogen) atoms. The first kappa shape index (κ1) is 48.8. The number of amides is 6. The Morgan fingerprint density at radius 1 is 0.556 bits per heavy atom. The third kappa shape index (κ3) is 13.5. The fourth-order valence-electron chi connectivity index (χ4n) is 5.17. The normalized spacial score (nSPS) is 12.8. The van der Waals surface area contributed by atoms with Crippen molar-refractivity contribution in [2.75, 3.05) is 19.6 Å². The molecule has 0 aliphatic heterocycles. The van der Waals surface area contributed by atoms with Crippen LogP contribution in [0.15, 0.2) is 66.4 Å². The lowest BCUT2D eigenvalue weighted by atomic mass is 10.1. The molecule has 4 unspecified atom stereocenters. The third-order valence-electron chi connectivity index (χ3n) is 8.48. The van der Waals surface area contributed by atoms with Gasteiger partial charge in [0.2, 0.25) is 17.7 Å². The predicted octanol–water partition coefficient (Wildman–Crippen LogP) is -1.55. The van der Waals surface area contributed by atoms with Gasteiger partial charge in [0.25, 0.3) is 17.7 Å². The monoisotopic (exact) mass is 882 g/mol. The highest BCUT2D eigenvalue weighted by Crippen LogP contribution is 2.29. The van der Waals surface area contributed by atoms with Crippen molar-refractivity contribution in [1.29, 1.82) is 0 Å². The van der Waals surface area contributed by atoms with Gasteiger partial charge in [-0.05, 0) is 57.2 Å². The first-order valence-electron chi connectivity index (χ1n) is 18.2. The summed E-state index contributed by atoms with van der Waals surface area (Å²) in [5, 5.41) is 81.3. The average Bonchev–Trinajstić information content (AvgIpc) is 3.23. The van der Waals surface area contributed by atoms with Crippen molar-refractivity contribution >= 4 is 53.4 Å². The molecule has 3 aromatic carbocycles. The first-order valence-corrected chi connectivity index (χ1v) is 18.2. The lowest BCUT2D eigenvalue weighted by Crippen LogP contribution is -2.56. The van der Waals surface area contributed by atoms with Gasteiger partial charge in [-0.15, -0.1) is 0 Å². The number of carbonyl (C=O) groups excluding carboxylic acids is 8. The van der Waals surface area contributed by atoms with Gasteiger partial charge in [-0.2, -0.15) is 0 Å². The van der Waals surface area contributed by atoms with E-state index in [4.69, 9.17) is 9.47 Å². The number of carboxylic acids is 1. The maximum atomic E-state index is 13.6. The molecule has 3 rings (SSSR count). The highest BCUT2D eigenvalue weighted by atomic mass is 16.6. The van der Waals surface area contributed by atoms with Crippen LogP contribution in [0.5, 0.6) is 34.5 Å². The molecular weight excluding hydrogens is 840 g/mol. The van der Waals surface area contributed by atoms with Crippen LogP contribution >= 0.6 is 0 Å². The van der Waals surface area contributed by atoms with E-state index in [0.29, 0.717) is 0 Å². The van der Waals surface area contributed by atoms with E-state index in [2.05, 4.69) is 26.6 Å². The number of ether oxygens (including phenoxy) is 2. The van der Waals surface area contributed by atoms with Crippen LogP contribution < -0.4 is 31.9 Å². The summed E-state index contributed by atoms with van der Waals surface area (Å²) in [5.41, 5.74) is -1.78. The first-order chi connectivity index (χ1) is 29.7. The van der Waals surface area contributed by atoms with Crippen LogP contribution in [0.2, 0.25) is 0 Å². The molecule has 336 valence electrons. The Balaban J connectivity index is 1.74. The van der Waals surface area contributed by atoms with E-state index in [-0.39, 0.29) is 5.56 Å². The number of benzene rings is 3. The Hall–Kier alpha value is -8.57. The summed E-state index contributed by atoms with van der Waals surface area (Å²) in [7, 11) is 0. The minimum atomic E-state index is -2.02. The summed E-state index contributed by atoms with van der Waals surface area (Å²) >= 11 is 0. The molecule has 4 atom stereocenters. The van der Waals surface area contributed by atoms with Crippen molar-refractivity contribution in [3.8, 4) is 34.5 Å². The molecule has 0 bridgehead atoms. The van der Waals surface area contributed by atoms with Gasteiger partial charge in [0, 0.05) is 0 Å². The van der Waals surface area contributed by atoms with Crippen LogP contribution in [-0.2, 0) is 38.2 Å². The van der Waals surface area contributed by atoms with E-state index >= 15 is 0 Å². The molecule has 0 aromatic heterocycles. The summed E-state index contributed by atoms with van der Waals surface area (Å²) < 4.78 is 10.6. The number of phenols is 6. The van der Waals surface area contributed by atoms with E-state index in [1.54, 1.807) is 0 Å². The topological polar surface area (TPSA) is 386 Å². The van der Waals surface area contributed by atoms with Gasteiger partial charge in [0.1, 0.15) is 17.9 Å². The zero-order chi connectivity index (χ0) is 47.1. The lowest BCUT2D eigenvalue weighted by Gasteiger charge is -2.27. The van der Waals surface area contributed by atoms with Gasteiger partial charge in [0.15, 0.2) is 46.6 Å². The Kier molecular flexibility index (Phi) is 17.2. The molecule has 0 fully saturated rings. The summed E-state index contributed by atoms with van der Waals surface area (Å²) in [6, 6.07) is 6.34. The van der Waals surface area contributed by atoms with Crippen LogP contribution in [-0.4, -0.2) is 133 Å². The van der Waals surface area contributed by atoms with Crippen molar-refractivity contribution in [2.24, 2.45) is 0 Å². The number of aliphatic carboxylic acids is 1. The maximum absolute atomic E-state index is 13.6. The van der Waals surface area contributed by atoms with Crippen molar-refractivity contribution in [2.45, 2.75) is 45.1 Å². The molecule has 0 saturated heterocycles. The van der Waals surface area contributed by atoms with Crippen LogP contribution in [0.3, 0.4) is 0 Å². The third-order valence-corrected chi connectivity index (χ3v) is 8.48. The van der Waals surface area contributed by atoms with Gasteiger partial charge >= 0.3 is 17.9 Å². The number of nitrogens with one attached hydrogen (secondary N) is 6. The number of hydrogen-bond acceptors (Lipinski definition) is 17. The van der Waals surface area contributed by atoms with E-state index in [0.717, 1.165) is 56.3 Å². The van der Waals surface area contributed by atoms with E-state index in [1.165, 1.54) is 25.1 Å². The molecule has 24 heteroatoms. The number of esters is 2. The highest BCUT2D eigenvalue weighted by Gasteiger charge is 2.37. The zero-order valence-corrected chi connectivity index (χ0v) is 33.3. The molecule has 0 saturated carbocycles. The molecule has 0 spiro atoms. The lowest BCUT2D eigenvalue weighted by molar-refractivity contribution is -0.164. The van der Waals surface area contributed by atoms with Crippen molar-refractivity contribution < 1.29 is 88.4 Å². The number of carbonyl (C=O) groups is 9. The number of allylic oxidation sites excluding steroid dienone is 1. The quantitative estimate of drug-likeness (QED) is 0.0368. The molecule has 0 radical (unpaired) electrons. The number of para-hydroxylation sites is 3. The SMILES string of the molecule is CC=C(NC(=O)CNC(=O)c1cccc(O)c1O)C(=O)OC(C)C(NC(=O)CNC(=O)c1cccc(O)c1O)C(=O)OC(C)C(NC(=O)CNC(=O)c1cccc(O)c1O)C(=O)O. The van der Waals surface area contributed by atoms with Gasteiger partial charge in [-0.25, -0.2) is 14.4 Å². The average molecular weight is 883 g/mol. The largest absolute Gasteiger partial charge is 0.504 e. The fraction of sp³-hybridized carbons (Fsp3) is 0.256. The highest BCUT2D eigenvalue weighted by molar-refractivity contribution is 6.02. The second-order valence-electron chi connectivity index (χ2n) is 13.0. The fourth-order valence-corrected chi connectivity index (χ4v) is 5.17. The Morgan fingerprint density at radius 2 is 0.921 bits per heavy atom. The van der Waals surface area contributed by atoms with Crippen molar-refractivity contribution in [3.05, 3.63) is 83.1 Å². The van der Waals surface area contributed by atoms with E-state index < -0.39 is 149 Å².